The third kappa shape index (κ3) is 4.67. The highest BCUT2D eigenvalue weighted by atomic mass is 32.2. The summed E-state index contributed by atoms with van der Waals surface area (Å²) in [7, 11) is -3.45. The fourth-order valence-electron chi connectivity index (χ4n) is 3.62. The number of nitrogens with zero attached hydrogens (tertiary/aromatic N) is 3. The summed E-state index contributed by atoms with van der Waals surface area (Å²) in [5, 5.41) is 0. The molecule has 3 aliphatic heterocycles. The highest BCUT2D eigenvalue weighted by Gasteiger charge is 2.49. The predicted molar refractivity (Wildman–Crippen MR) is 95.3 cm³/mol. The third-order valence-electron chi connectivity index (χ3n) is 5.10. The molecule has 3 heterocycles. The number of hydrogen-bond donors (Lipinski definition) is 1. The minimum absolute atomic E-state index is 0.0640. The Morgan fingerprint density at radius 1 is 1.07 bits per heavy atom. The number of morpholine rings is 1. The van der Waals surface area contributed by atoms with Crippen LogP contribution in [0.25, 0.3) is 0 Å². The van der Waals surface area contributed by atoms with Crippen LogP contribution in [0, 0.1) is 0 Å². The van der Waals surface area contributed by atoms with Gasteiger partial charge in [-0.3, -0.25) is 24.1 Å². The number of carbonyl (C=O) groups excluding carboxylic acids is 4. The van der Waals surface area contributed by atoms with E-state index in [0.29, 0.717) is 19.7 Å². The zero-order valence-corrected chi connectivity index (χ0v) is 16.5. The Hall–Kier alpha value is -2.05. The van der Waals surface area contributed by atoms with E-state index in [1.807, 2.05) is 0 Å². The molecule has 0 atom stereocenters. The average molecular weight is 416 g/mol. The van der Waals surface area contributed by atoms with Crippen LogP contribution in [-0.4, -0.2) is 104 Å². The highest BCUT2D eigenvalue weighted by Crippen LogP contribution is 2.29. The first-order valence-electron chi connectivity index (χ1n) is 9.06. The van der Waals surface area contributed by atoms with Gasteiger partial charge in [0.05, 0.1) is 39.0 Å². The van der Waals surface area contributed by atoms with Crippen LogP contribution < -0.4 is 4.72 Å². The van der Waals surface area contributed by atoms with Gasteiger partial charge in [-0.1, -0.05) is 0 Å². The monoisotopic (exact) mass is 416 g/mol. The number of carbonyl (C=O) groups is 4. The Labute approximate surface area is 163 Å². The topological polar surface area (TPSA) is 133 Å². The summed E-state index contributed by atoms with van der Waals surface area (Å²) in [6.45, 7) is 1.40. The van der Waals surface area contributed by atoms with Gasteiger partial charge in [0.2, 0.25) is 33.7 Å². The number of nitrogens with one attached hydrogen (secondary N) is 1. The van der Waals surface area contributed by atoms with Crippen molar-refractivity contribution in [3.63, 3.8) is 0 Å². The van der Waals surface area contributed by atoms with Crippen LogP contribution in [0.4, 0.5) is 0 Å². The smallest absolute Gasteiger partial charge is 0.237 e. The molecule has 0 aromatic carbocycles. The van der Waals surface area contributed by atoms with Gasteiger partial charge in [-0.15, -0.1) is 0 Å². The standard InChI is InChI=1S/C16H24N4O7S/c1-28(25,26)17-8-15(24)19-10-16(11-19)9-18(6-7-27-16)12(21)4-5-20-13(22)2-3-14(20)23/h17H,2-11H2,1H3. The summed E-state index contributed by atoms with van der Waals surface area (Å²) in [4.78, 5) is 52.0. The van der Waals surface area contributed by atoms with Gasteiger partial charge >= 0.3 is 0 Å². The minimum Gasteiger partial charge on any atom is -0.368 e. The lowest BCUT2D eigenvalue weighted by Crippen LogP contribution is -2.72. The van der Waals surface area contributed by atoms with Gasteiger partial charge in [-0.05, 0) is 0 Å². The lowest BCUT2D eigenvalue weighted by atomic mass is 9.91. The SMILES string of the molecule is CS(=O)(=O)NCC(=O)N1CC2(CN(C(=O)CCN3C(=O)CCC3=O)CCO2)C1. The molecule has 0 bridgehead atoms. The van der Waals surface area contributed by atoms with Crippen molar-refractivity contribution in [2.75, 3.05) is 52.1 Å². The van der Waals surface area contributed by atoms with Crippen LogP contribution in [0.5, 0.6) is 0 Å². The van der Waals surface area contributed by atoms with Crippen LogP contribution in [0.15, 0.2) is 0 Å². The molecule has 0 aromatic rings. The summed E-state index contributed by atoms with van der Waals surface area (Å²) in [5.74, 6) is -1.01. The van der Waals surface area contributed by atoms with Crippen molar-refractivity contribution >= 4 is 33.7 Å². The van der Waals surface area contributed by atoms with E-state index < -0.39 is 15.6 Å². The van der Waals surface area contributed by atoms with Crippen molar-refractivity contribution in [3.8, 4) is 0 Å². The van der Waals surface area contributed by atoms with Gasteiger partial charge in [0.15, 0.2) is 0 Å². The van der Waals surface area contributed by atoms with Gasteiger partial charge in [0.1, 0.15) is 5.60 Å². The van der Waals surface area contributed by atoms with E-state index in [-0.39, 0.29) is 69.1 Å². The molecule has 0 unspecified atom stereocenters. The van der Waals surface area contributed by atoms with Crippen molar-refractivity contribution in [2.24, 2.45) is 0 Å². The molecular formula is C16H24N4O7S. The Kier molecular flexibility index (Phi) is 5.73. The summed E-state index contributed by atoms with van der Waals surface area (Å²) >= 11 is 0. The maximum atomic E-state index is 12.5. The maximum Gasteiger partial charge on any atom is 0.237 e. The summed E-state index contributed by atoms with van der Waals surface area (Å²) in [6, 6.07) is 0. The molecule has 0 radical (unpaired) electrons. The zero-order valence-electron chi connectivity index (χ0n) is 15.7. The van der Waals surface area contributed by atoms with E-state index in [9.17, 15) is 27.6 Å². The van der Waals surface area contributed by atoms with Gasteiger partial charge in [-0.25, -0.2) is 13.1 Å². The van der Waals surface area contributed by atoms with Crippen molar-refractivity contribution in [2.45, 2.75) is 24.9 Å². The molecule has 1 N–H and O–H groups in total. The second kappa shape index (κ2) is 7.76. The van der Waals surface area contributed by atoms with Crippen LogP contribution >= 0.6 is 0 Å². The molecule has 1 spiro atoms. The molecule has 0 aromatic heterocycles. The number of rotatable bonds is 6. The molecular weight excluding hydrogens is 392 g/mol. The lowest BCUT2D eigenvalue weighted by molar-refractivity contribution is -0.193. The zero-order chi connectivity index (χ0) is 20.5. The second-order valence-electron chi connectivity index (χ2n) is 7.38. The maximum absolute atomic E-state index is 12.5. The Balaban J connectivity index is 1.47. The van der Waals surface area contributed by atoms with Crippen LogP contribution in [0.1, 0.15) is 19.3 Å². The predicted octanol–water partition coefficient (Wildman–Crippen LogP) is -2.49. The number of hydrogen-bond acceptors (Lipinski definition) is 7. The largest absolute Gasteiger partial charge is 0.368 e. The Morgan fingerprint density at radius 3 is 2.29 bits per heavy atom. The van der Waals surface area contributed by atoms with E-state index in [1.54, 1.807) is 4.90 Å². The first-order chi connectivity index (χ1) is 13.1. The minimum atomic E-state index is -3.45. The van der Waals surface area contributed by atoms with E-state index in [2.05, 4.69) is 4.72 Å². The molecule has 3 rings (SSSR count). The van der Waals surface area contributed by atoms with Crippen LogP contribution in [-0.2, 0) is 33.9 Å². The van der Waals surface area contributed by atoms with Crippen molar-refractivity contribution < 1.29 is 32.3 Å². The molecule has 4 amide bonds. The third-order valence-corrected chi connectivity index (χ3v) is 5.77. The number of imide groups is 1. The van der Waals surface area contributed by atoms with Gasteiger partial charge in [-0.2, -0.15) is 0 Å². The fourth-order valence-corrected chi connectivity index (χ4v) is 4.00. The van der Waals surface area contributed by atoms with Gasteiger partial charge < -0.3 is 14.5 Å². The van der Waals surface area contributed by atoms with Crippen molar-refractivity contribution in [1.82, 2.24) is 19.4 Å². The Morgan fingerprint density at radius 2 is 1.68 bits per heavy atom. The van der Waals surface area contributed by atoms with Crippen LogP contribution in [0.2, 0.25) is 0 Å². The second-order valence-corrected chi connectivity index (χ2v) is 9.21. The van der Waals surface area contributed by atoms with E-state index in [0.717, 1.165) is 11.2 Å². The molecule has 12 heteroatoms. The molecule has 3 fully saturated rings. The van der Waals surface area contributed by atoms with E-state index in [4.69, 9.17) is 4.74 Å². The first kappa shape index (κ1) is 20.7. The average Bonchev–Trinajstić information content (AvgIpc) is 2.93. The number of sulfonamides is 1. The number of ether oxygens (including phenoxy) is 1. The molecule has 156 valence electrons. The summed E-state index contributed by atoms with van der Waals surface area (Å²) in [6.07, 6.45) is 1.45. The molecule has 0 saturated carbocycles. The Bertz CT molecular complexity index is 775. The highest BCUT2D eigenvalue weighted by molar-refractivity contribution is 7.88. The molecule has 3 saturated heterocycles. The quantitative estimate of drug-likeness (QED) is 0.474. The normalized spacial score (nSPS) is 22.0. The molecule has 3 aliphatic rings. The van der Waals surface area contributed by atoms with Crippen molar-refractivity contribution in [1.29, 1.82) is 0 Å². The first-order valence-corrected chi connectivity index (χ1v) is 11.0. The van der Waals surface area contributed by atoms with Crippen LogP contribution in [0.3, 0.4) is 0 Å². The van der Waals surface area contributed by atoms with E-state index in [1.165, 1.54) is 4.90 Å². The molecule has 0 aliphatic carbocycles. The summed E-state index contributed by atoms with van der Waals surface area (Å²) < 4.78 is 30.1. The number of likely N-dealkylation sites (tertiary alicyclic amines) is 2. The number of amides is 4. The van der Waals surface area contributed by atoms with Crippen molar-refractivity contribution in [3.05, 3.63) is 0 Å². The molecule has 11 nitrogen and oxygen atoms in total. The van der Waals surface area contributed by atoms with Gasteiger partial charge in [0.25, 0.3) is 0 Å². The van der Waals surface area contributed by atoms with E-state index >= 15 is 0 Å². The fraction of sp³-hybridized carbons (Fsp3) is 0.750. The van der Waals surface area contributed by atoms with Gasteiger partial charge in [0, 0.05) is 32.4 Å². The summed E-state index contributed by atoms with van der Waals surface area (Å²) in [5.41, 5.74) is -0.645. The molecule has 28 heavy (non-hydrogen) atoms. The lowest BCUT2D eigenvalue weighted by Gasteiger charge is -2.53.